The average Bonchev–Trinajstić information content (AvgIpc) is 3.22. The van der Waals surface area contributed by atoms with Gasteiger partial charge in [0.1, 0.15) is 0 Å². The number of aromatic nitrogens is 5. The summed E-state index contributed by atoms with van der Waals surface area (Å²) in [6.45, 7) is 0. The van der Waals surface area contributed by atoms with Crippen molar-refractivity contribution in [1.82, 2.24) is 25.1 Å². The van der Waals surface area contributed by atoms with Crippen molar-refractivity contribution >= 4 is 22.6 Å². The lowest BCUT2D eigenvalue weighted by Gasteiger charge is -2.01. The van der Waals surface area contributed by atoms with Crippen molar-refractivity contribution < 1.29 is 4.79 Å². The Morgan fingerprint density at radius 2 is 2.09 bits per heavy atom. The lowest BCUT2D eigenvalue weighted by atomic mass is 10.2. The van der Waals surface area contributed by atoms with Crippen LogP contribution in [0, 0.1) is 0 Å². The smallest absolute Gasteiger partial charge is 0.257 e. The van der Waals surface area contributed by atoms with Crippen molar-refractivity contribution in [2.24, 2.45) is 0 Å². The second-order valence-corrected chi connectivity index (χ2v) is 4.97. The summed E-state index contributed by atoms with van der Waals surface area (Å²) in [6, 6.07) is 9.10. The first-order valence-electron chi connectivity index (χ1n) is 7.00. The van der Waals surface area contributed by atoms with E-state index in [-0.39, 0.29) is 5.91 Å². The molecule has 0 unspecified atom stereocenters. The minimum atomic E-state index is -0.206. The molecule has 0 bridgehead atoms. The number of fused-ring (bicyclic) bond motifs is 1. The van der Waals surface area contributed by atoms with Crippen LogP contribution in [-0.2, 0) is 0 Å². The zero-order chi connectivity index (χ0) is 15.6. The molecule has 0 aliphatic carbocycles. The molecule has 0 aliphatic heterocycles. The number of H-pyrrole nitrogens is 2. The topological polar surface area (TPSA) is 99.3 Å². The summed E-state index contributed by atoms with van der Waals surface area (Å²) < 4.78 is 0. The van der Waals surface area contributed by atoms with Crippen LogP contribution < -0.4 is 5.32 Å². The van der Waals surface area contributed by atoms with Gasteiger partial charge in [-0.05, 0) is 30.3 Å². The molecule has 0 aliphatic rings. The van der Waals surface area contributed by atoms with Gasteiger partial charge in [-0.15, -0.1) is 0 Å². The first kappa shape index (κ1) is 13.2. The molecular weight excluding hydrogens is 292 g/mol. The van der Waals surface area contributed by atoms with Gasteiger partial charge < -0.3 is 10.3 Å². The van der Waals surface area contributed by atoms with Crippen molar-refractivity contribution in [3.8, 4) is 11.4 Å². The van der Waals surface area contributed by atoms with Crippen molar-refractivity contribution in [2.75, 3.05) is 5.32 Å². The maximum atomic E-state index is 12.3. The minimum Gasteiger partial charge on any atom is -0.359 e. The third-order valence-corrected chi connectivity index (χ3v) is 3.46. The standard InChI is InChI=1S/C16H12N6O/c23-16(20-11-3-1-5-17-9-11)10-7-13(19-8-10)14-12-4-2-6-18-15(12)22-21-14/h1-9,19H,(H,20,23)(H,18,21,22). The number of nitrogens with zero attached hydrogens (tertiary/aromatic N) is 3. The normalized spacial score (nSPS) is 10.8. The summed E-state index contributed by atoms with van der Waals surface area (Å²) in [6.07, 6.45) is 6.60. The van der Waals surface area contributed by atoms with E-state index >= 15 is 0 Å². The van der Waals surface area contributed by atoms with E-state index in [1.54, 1.807) is 43.0 Å². The summed E-state index contributed by atoms with van der Waals surface area (Å²) >= 11 is 0. The fraction of sp³-hybridized carbons (Fsp3) is 0. The van der Waals surface area contributed by atoms with E-state index < -0.39 is 0 Å². The highest BCUT2D eigenvalue weighted by Crippen LogP contribution is 2.24. The molecule has 0 radical (unpaired) electrons. The zero-order valence-electron chi connectivity index (χ0n) is 11.9. The minimum absolute atomic E-state index is 0.206. The molecule has 7 heteroatoms. The predicted molar refractivity (Wildman–Crippen MR) is 85.9 cm³/mol. The van der Waals surface area contributed by atoms with Gasteiger partial charge in [0, 0.05) is 24.0 Å². The lowest BCUT2D eigenvalue weighted by molar-refractivity contribution is 0.102. The number of nitrogens with one attached hydrogen (secondary N) is 3. The van der Waals surface area contributed by atoms with Gasteiger partial charge >= 0.3 is 0 Å². The van der Waals surface area contributed by atoms with Crippen LogP contribution in [0.3, 0.4) is 0 Å². The van der Waals surface area contributed by atoms with E-state index in [2.05, 4.69) is 30.5 Å². The average molecular weight is 304 g/mol. The van der Waals surface area contributed by atoms with Crippen molar-refractivity contribution in [1.29, 1.82) is 0 Å². The molecule has 1 amide bonds. The van der Waals surface area contributed by atoms with Crippen molar-refractivity contribution in [2.45, 2.75) is 0 Å². The summed E-state index contributed by atoms with van der Waals surface area (Å²) in [5.41, 5.74) is 3.38. The number of aromatic amines is 2. The Balaban J connectivity index is 1.63. The molecule has 4 rings (SSSR count). The summed E-state index contributed by atoms with van der Waals surface area (Å²) in [4.78, 5) is 23.5. The maximum Gasteiger partial charge on any atom is 0.257 e. The van der Waals surface area contributed by atoms with E-state index in [1.807, 2.05) is 12.1 Å². The molecule has 0 aromatic carbocycles. The fourth-order valence-corrected chi connectivity index (χ4v) is 2.37. The first-order chi connectivity index (χ1) is 11.3. The molecule has 0 spiro atoms. The number of rotatable bonds is 3. The van der Waals surface area contributed by atoms with Crippen LogP contribution in [0.4, 0.5) is 5.69 Å². The fourth-order valence-electron chi connectivity index (χ4n) is 2.37. The number of hydrogen-bond acceptors (Lipinski definition) is 4. The third kappa shape index (κ3) is 2.44. The molecule has 112 valence electrons. The summed E-state index contributed by atoms with van der Waals surface area (Å²) in [7, 11) is 0. The predicted octanol–water partition coefficient (Wildman–Crippen LogP) is 2.60. The van der Waals surface area contributed by atoms with Gasteiger partial charge in [-0.25, -0.2) is 4.98 Å². The van der Waals surface area contributed by atoms with Crippen LogP contribution in [-0.4, -0.2) is 31.1 Å². The number of hydrogen-bond donors (Lipinski definition) is 3. The zero-order valence-corrected chi connectivity index (χ0v) is 11.9. The van der Waals surface area contributed by atoms with Crippen molar-refractivity contribution in [3.63, 3.8) is 0 Å². The monoisotopic (exact) mass is 304 g/mol. The van der Waals surface area contributed by atoms with Gasteiger partial charge in [-0.1, -0.05) is 0 Å². The van der Waals surface area contributed by atoms with Crippen molar-refractivity contribution in [3.05, 3.63) is 60.7 Å². The van der Waals surface area contributed by atoms with Gasteiger partial charge in [0.15, 0.2) is 5.65 Å². The number of anilines is 1. The van der Waals surface area contributed by atoms with Crippen LogP contribution >= 0.6 is 0 Å². The lowest BCUT2D eigenvalue weighted by Crippen LogP contribution is -2.10. The molecule has 4 aromatic rings. The molecule has 7 nitrogen and oxygen atoms in total. The Bertz CT molecular complexity index is 972. The second kappa shape index (κ2) is 5.38. The Labute approximate surface area is 130 Å². The number of carbonyl (C=O) groups excluding carboxylic acids is 1. The molecule has 0 saturated carbocycles. The van der Waals surface area contributed by atoms with Gasteiger partial charge in [0.2, 0.25) is 0 Å². The van der Waals surface area contributed by atoms with E-state index in [0.29, 0.717) is 16.9 Å². The Morgan fingerprint density at radius 1 is 1.17 bits per heavy atom. The highest BCUT2D eigenvalue weighted by molar-refractivity contribution is 6.05. The second-order valence-electron chi connectivity index (χ2n) is 4.97. The molecule has 23 heavy (non-hydrogen) atoms. The highest BCUT2D eigenvalue weighted by atomic mass is 16.1. The van der Waals surface area contributed by atoms with E-state index in [9.17, 15) is 4.79 Å². The molecule has 3 N–H and O–H groups in total. The molecule has 0 fully saturated rings. The Morgan fingerprint density at radius 3 is 2.96 bits per heavy atom. The number of pyridine rings is 2. The quantitative estimate of drug-likeness (QED) is 0.541. The largest absolute Gasteiger partial charge is 0.359 e. The molecule has 0 saturated heterocycles. The van der Waals surface area contributed by atoms with Crippen LogP contribution in [0.5, 0.6) is 0 Å². The van der Waals surface area contributed by atoms with Gasteiger partial charge in [0.25, 0.3) is 5.91 Å². The maximum absolute atomic E-state index is 12.3. The van der Waals surface area contributed by atoms with Crippen LogP contribution in [0.2, 0.25) is 0 Å². The summed E-state index contributed by atoms with van der Waals surface area (Å²) in [5, 5.41) is 10.8. The number of amides is 1. The van der Waals surface area contributed by atoms with E-state index in [0.717, 1.165) is 16.8 Å². The van der Waals surface area contributed by atoms with Gasteiger partial charge in [-0.2, -0.15) is 5.10 Å². The molecule has 4 aromatic heterocycles. The highest BCUT2D eigenvalue weighted by Gasteiger charge is 2.13. The van der Waals surface area contributed by atoms with Crippen LogP contribution in [0.25, 0.3) is 22.4 Å². The SMILES string of the molecule is O=C(Nc1cccnc1)c1c[nH]c(-c2[nH]nc3ncccc23)c1. The molecular formula is C16H12N6O. The number of carbonyl (C=O) groups is 1. The van der Waals surface area contributed by atoms with Crippen LogP contribution in [0.15, 0.2) is 55.1 Å². The molecule has 0 atom stereocenters. The van der Waals surface area contributed by atoms with E-state index in [1.165, 1.54) is 0 Å². The Kier molecular flexibility index (Phi) is 3.09. The summed E-state index contributed by atoms with van der Waals surface area (Å²) in [5.74, 6) is -0.206. The third-order valence-electron chi connectivity index (χ3n) is 3.46. The van der Waals surface area contributed by atoms with Gasteiger partial charge in [0.05, 0.1) is 28.8 Å². The van der Waals surface area contributed by atoms with E-state index in [4.69, 9.17) is 0 Å². The van der Waals surface area contributed by atoms with Crippen LogP contribution in [0.1, 0.15) is 10.4 Å². The van der Waals surface area contributed by atoms with Gasteiger partial charge in [-0.3, -0.25) is 14.9 Å². The Hall–Kier alpha value is -3.48. The first-order valence-corrected chi connectivity index (χ1v) is 7.00. The molecule has 4 heterocycles.